The molecule has 3 unspecified atom stereocenters. The van der Waals surface area contributed by atoms with Crippen LogP contribution in [0, 0.1) is 11.3 Å². The van der Waals surface area contributed by atoms with E-state index in [9.17, 15) is 9.00 Å². The summed E-state index contributed by atoms with van der Waals surface area (Å²) in [6.45, 7) is 4.73. The van der Waals surface area contributed by atoms with E-state index in [-0.39, 0.29) is 17.1 Å². The van der Waals surface area contributed by atoms with Gasteiger partial charge >= 0.3 is 0 Å². The van der Waals surface area contributed by atoms with Crippen LogP contribution in [0.25, 0.3) is 0 Å². The third-order valence-electron chi connectivity index (χ3n) is 4.52. The van der Waals surface area contributed by atoms with Crippen molar-refractivity contribution in [3.05, 3.63) is 0 Å². The molecule has 1 spiro atoms. The second-order valence-corrected chi connectivity index (χ2v) is 7.56. The van der Waals surface area contributed by atoms with Crippen LogP contribution in [0.2, 0.25) is 0 Å². The van der Waals surface area contributed by atoms with E-state index in [1.807, 2.05) is 6.92 Å². The van der Waals surface area contributed by atoms with Gasteiger partial charge in [0.1, 0.15) is 0 Å². The quantitative estimate of drug-likeness (QED) is 0.772. The van der Waals surface area contributed by atoms with Gasteiger partial charge < -0.3 is 10.6 Å². The Labute approximate surface area is 112 Å². The molecule has 4 nitrogen and oxygen atoms in total. The van der Waals surface area contributed by atoms with E-state index in [4.69, 9.17) is 0 Å². The second-order valence-electron chi connectivity index (χ2n) is 5.76. The lowest BCUT2D eigenvalue weighted by Crippen LogP contribution is -2.34. The van der Waals surface area contributed by atoms with Gasteiger partial charge in [0.05, 0.1) is 0 Å². The normalized spacial score (nSPS) is 28.7. The number of rotatable bonds is 5. The molecule has 0 aromatic rings. The van der Waals surface area contributed by atoms with Crippen LogP contribution >= 0.6 is 0 Å². The summed E-state index contributed by atoms with van der Waals surface area (Å²) in [6.07, 6.45) is 5.87. The summed E-state index contributed by atoms with van der Waals surface area (Å²) in [5.74, 6) is 0.452. The molecule has 0 aromatic carbocycles. The molecule has 2 aliphatic rings. The van der Waals surface area contributed by atoms with E-state index in [2.05, 4.69) is 10.6 Å². The lowest BCUT2D eigenvalue weighted by Gasteiger charge is -2.23. The monoisotopic (exact) mass is 272 g/mol. The van der Waals surface area contributed by atoms with Gasteiger partial charge in [0.2, 0.25) is 5.91 Å². The third kappa shape index (κ3) is 3.12. The predicted molar refractivity (Wildman–Crippen MR) is 73.8 cm³/mol. The Bertz CT molecular complexity index is 340. The van der Waals surface area contributed by atoms with E-state index in [0.717, 1.165) is 38.8 Å². The molecule has 0 bridgehead atoms. The number of amides is 1. The van der Waals surface area contributed by atoms with Gasteiger partial charge in [0, 0.05) is 34.8 Å². The zero-order valence-electron chi connectivity index (χ0n) is 11.3. The second kappa shape index (κ2) is 5.70. The fourth-order valence-corrected chi connectivity index (χ4v) is 3.33. The summed E-state index contributed by atoms with van der Waals surface area (Å²) in [5, 5.41) is 6.52. The Morgan fingerprint density at radius 2 is 2.17 bits per heavy atom. The Morgan fingerprint density at radius 3 is 2.78 bits per heavy atom. The van der Waals surface area contributed by atoms with Gasteiger partial charge in [-0.25, -0.2) is 0 Å². The molecule has 1 aliphatic carbocycles. The molecule has 104 valence electrons. The highest BCUT2D eigenvalue weighted by Gasteiger charge is 2.57. The number of carbonyl (C=O) groups is 1. The topological polar surface area (TPSA) is 58.2 Å². The summed E-state index contributed by atoms with van der Waals surface area (Å²) in [7, 11) is -0.790. The molecule has 1 saturated carbocycles. The zero-order chi connectivity index (χ0) is 13.2. The molecule has 5 heteroatoms. The summed E-state index contributed by atoms with van der Waals surface area (Å²) in [6, 6.07) is 0. The highest BCUT2D eigenvalue weighted by molar-refractivity contribution is 7.84. The van der Waals surface area contributed by atoms with E-state index in [1.54, 1.807) is 6.26 Å². The van der Waals surface area contributed by atoms with Crippen molar-refractivity contribution in [2.24, 2.45) is 11.3 Å². The first kappa shape index (κ1) is 14.0. The average Bonchev–Trinajstić information content (AvgIpc) is 3.03. The minimum Gasteiger partial charge on any atom is -0.356 e. The van der Waals surface area contributed by atoms with Gasteiger partial charge in [-0.05, 0) is 44.2 Å². The Morgan fingerprint density at radius 1 is 1.50 bits per heavy atom. The summed E-state index contributed by atoms with van der Waals surface area (Å²) < 4.78 is 11.2. The number of piperidine rings is 1. The van der Waals surface area contributed by atoms with Crippen molar-refractivity contribution >= 4 is 16.7 Å². The smallest absolute Gasteiger partial charge is 0.223 e. The van der Waals surface area contributed by atoms with Crippen molar-refractivity contribution in [3.8, 4) is 0 Å². The van der Waals surface area contributed by atoms with E-state index >= 15 is 0 Å². The average molecular weight is 272 g/mol. The molecule has 0 aromatic heterocycles. The summed E-state index contributed by atoms with van der Waals surface area (Å²) in [5.41, 5.74) is 0.314. The third-order valence-corrected chi connectivity index (χ3v) is 5.89. The number of hydrogen-bond donors (Lipinski definition) is 2. The fourth-order valence-electron chi connectivity index (χ4n) is 2.88. The minimum absolute atomic E-state index is 0.164. The Hall–Kier alpha value is -0.420. The molecule has 2 rings (SSSR count). The van der Waals surface area contributed by atoms with Gasteiger partial charge in [-0.1, -0.05) is 6.92 Å². The largest absolute Gasteiger partial charge is 0.356 e. The first-order chi connectivity index (χ1) is 8.55. The van der Waals surface area contributed by atoms with Crippen molar-refractivity contribution < 1.29 is 9.00 Å². The van der Waals surface area contributed by atoms with Crippen molar-refractivity contribution in [2.75, 3.05) is 25.9 Å². The molecule has 1 aliphatic heterocycles. The van der Waals surface area contributed by atoms with Gasteiger partial charge in [0.25, 0.3) is 0 Å². The van der Waals surface area contributed by atoms with Crippen LogP contribution in [0.15, 0.2) is 0 Å². The van der Waals surface area contributed by atoms with Gasteiger partial charge in [0.15, 0.2) is 0 Å². The number of nitrogens with one attached hydrogen (secondary N) is 2. The van der Waals surface area contributed by atoms with Crippen LogP contribution in [0.1, 0.15) is 32.6 Å². The molecule has 3 atom stereocenters. The summed E-state index contributed by atoms with van der Waals surface area (Å²) >= 11 is 0. The first-order valence-electron chi connectivity index (χ1n) is 6.86. The van der Waals surface area contributed by atoms with Gasteiger partial charge in [-0.15, -0.1) is 0 Å². The standard InChI is InChI=1S/C13H24N2O2S/c1-10(18(2)17)3-6-15-12(16)11-9-13(11)4-7-14-8-5-13/h10-11,14H,3-9H2,1-2H3,(H,15,16). The van der Waals surface area contributed by atoms with Crippen LogP contribution in [0.4, 0.5) is 0 Å². The molecular formula is C13H24N2O2S. The van der Waals surface area contributed by atoms with Crippen molar-refractivity contribution in [3.63, 3.8) is 0 Å². The van der Waals surface area contributed by atoms with Crippen LogP contribution in [0.3, 0.4) is 0 Å². The summed E-state index contributed by atoms with van der Waals surface area (Å²) in [4.78, 5) is 12.0. The van der Waals surface area contributed by atoms with Crippen molar-refractivity contribution in [2.45, 2.75) is 37.9 Å². The molecule has 0 radical (unpaired) electrons. The lowest BCUT2D eigenvalue weighted by molar-refractivity contribution is -0.123. The van der Waals surface area contributed by atoms with Crippen LogP contribution in [-0.4, -0.2) is 41.3 Å². The van der Waals surface area contributed by atoms with Crippen LogP contribution < -0.4 is 10.6 Å². The molecular weight excluding hydrogens is 248 g/mol. The van der Waals surface area contributed by atoms with E-state index in [0.29, 0.717) is 12.0 Å². The van der Waals surface area contributed by atoms with Gasteiger partial charge in [-0.3, -0.25) is 9.00 Å². The molecule has 2 fully saturated rings. The van der Waals surface area contributed by atoms with Crippen LogP contribution in [0.5, 0.6) is 0 Å². The van der Waals surface area contributed by atoms with Crippen LogP contribution in [-0.2, 0) is 15.6 Å². The Kier molecular flexibility index (Phi) is 4.43. The highest BCUT2D eigenvalue weighted by Crippen LogP contribution is 2.58. The molecule has 2 N–H and O–H groups in total. The minimum atomic E-state index is -0.790. The van der Waals surface area contributed by atoms with E-state index in [1.165, 1.54) is 0 Å². The predicted octanol–water partition coefficient (Wildman–Crippen LogP) is 0.649. The maximum absolute atomic E-state index is 12.0. The maximum Gasteiger partial charge on any atom is 0.223 e. The first-order valence-corrected chi connectivity index (χ1v) is 8.48. The molecule has 1 heterocycles. The Balaban J connectivity index is 1.69. The van der Waals surface area contributed by atoms with Crippen molar-refractivity contribution in [1.29, 1.82) is 0 Å². The van der Waals surface area contributed by atoms with Gasteiger partial charge in [-0.2, -0.15) is 0 Å². The SMILES string of the molecule is CC(CCNC(=O)C1CC12CCNCC2)S(C)=O. The number of hydrogen-bond acceptors (Lipinski definition) is 3. The molecule has 1 amide bonds. The molecule has 18 heavy (non-hydrogen) atoms. The fraction of sp³-hybridized carbons (Fsp3) is 0.923. The maximum atomic E-state index is 12.0. The van der Waals surface area contributed by atoms with E-state index < -0.39 is 10.8 Å². The number of carbonyl (C=O) groups excluding carboxylic acids is 1. The lowest BCUT2D eigenvalue weighted by atomic mass is 9.92. The van der Waals surface area contributed by atoms with Crippen molar-refractivity contribution in [1.82, 2.24) is 10.6 Å². The zero-order valence-corrected chi connectivity index (χ0v) is 12.1. The highest BCUT2D eigenvalue weighted by atomic mass is 32.2. The molecule has 1 saturated heterocycles.